The molecule has 0 spiro atoms. The normalized spacial score (nSPS) is 20.3. The number of carbonyl (C=O) groups excluding carboxylic acids is 2. The van der Waals surface area contributed by atoms with Gasteiger partial charge in [-0.15, -0.1) is 0 Å². The minimum atomic E-state index is -0.526. The SMILES string of the molecule is Cc1ccc(CN=C(NC#N)NC2CCCCN(CC(=O)N3CCCC3)C2=O)o1. The highest BCUT2D eigenvalue weighted by molar-refractivity contribution is 5.92. The van der Waals surface area contributed by atoms with Crippen molar-refractivity contribution in [3.8, 4) is 6.19 Å². The molecule has 29 heavy (non-hydrogen) atoms. The fraction of sp³-hybridized carbons (Fsp3) is 0.600. The Bertz CT molecular complexity index is 790. The third-order valence-electron chi connectivity index (χ3n) is 5.24. The summed E-state index contributed by atoms with van der Waals surface area (Å²) < 4.78 is 5.49. The molecule has 1 aromatic heterocycles. The molecule has 156 valence electrons. The largest absolute Gasteiger partial charge is 0.464 e. The molecule has 2 aliphatic heterocycles. The van der Waals surface area contributed by atoms with Gasteiger partial charge >= 0.3 is 0 Å². The smallest absolute Gasteiger partial charge is 0.245 e. The standard InChI is InChI=1S/C20H28N6O3/c1-15-7-8-16(29-15)12-22-20(23-14-21)24-17-6-2-3-11-26(19(17)28)13-18(27)25-9-4-5-10-25/h7-8,17H,2-6,9-13H2,1H3,(H2,22,23,24). The third-order valence-corrected chi connectivity index (χ3v) is 5.24. The highest BCUT2D eigenvalue weighted by atomic mass is 16.3. The molecule has 0 radical (unpaired) electrons. The van der Waals surface area contributed by atoms with E-state index in [9.17, 15) is 9.59 Å². The second kappa shape index (κ2) is 9.96. The average Bonchev–Trinajstić information content (AvgIpc) is 3.35. The van der Waals surface area contributed by atoms with Crippen LogP contribution in [0.1, 0.15) is 43.6 Å². The van der Waals surface area contributed by atoms with Gasteiger partial charge in [-0.1, -0.05) is 0 Å². The van der Waals surface area contributed by atoms with Crippen LogP contribution in [0.5, 0.6) is 0 Å². The Kier molecular flexibility index (Phi) is 7.11. The second-order valence-electron chi connectivity index (χ2n) is 7.45. The number of aliphatic imine (C=N–C) groups is 1. The Morgan fingerprint density at radius 1 is 1.28 bits per heavy atom. The number of guanidine groups is 1. The number of nitrogens with zero attached hydrogens (tertiary/aromatic N) is 4. The number of aryl methyl sites for hydroxylation is 1. The molecule has 1 aromatic rings. The van der Waals surface area contributed by atoms with Gasteiger partial charge in [0.2, 0.25) is 17.8 Å². The predicted molar refractivity (Wildman–Crippen MR) is 107 cm³/mol. The lowest BCUT2D eigenvalue weighted by atomic mass is 10.1. The maximum absolute atomic E-state index is 13.0. The molecule has 1 unspecified atom stereocenters. The van der Waals surface area contributed by atoms with Gasteiger partial charge in [-0.2, -0.15) is 5.26 Å². The third kappa shape index (κ3) is 5.73. The van der Waals surface area contributed by atoms with Crippen LogP contribution < -0.4 is 10.6 Å². The number of carbonyl (C=O) groups is 2. The molecule has 0 saturated carbocycles. The van der Waals surface area contributed by atoms with Gasteiger partial charge in [0, 0.05) is 19.6 Å². The number of amides is 2. The van der Waals surface area contributed by atoms with E-state index in [1.54, 1.807) is 4.90 Å². The van der Waals surface area contributed by atoms with E-state index < -0.39 is 6.04 Å². The molecule has 0 bridgehead atoms. The van der Waals surface area contributed by atoms with E-state index in [0.29, 0.717) is 18.7 Å². The molecule has 1 atom stereocenters. The topological polar surface area (TPSA) is 114 Å². The summed E-state index contributed by atoms with van der Waals surface area (Å²) in [6.07, 6.45) is 6.23. The molecule has 3 rings (SSSR count). The number of rotatable bonds is 5. The van der Waals surface area contributed by atoms with E-state index in [1.165, 1.54) is 0 Å². The zero-order chi connectivity index (χ0) is 20.6. The van der Waals surface area contributed by atoms with Crippen molar-refractivity contribution in [2.75, 3.05) is 26.2 Å². The summed E-state index contributed by atoms with van der Waals surface area (Å²) in [5.74, 6) is 1.57. The van der Waals surface area contributed by atoms with Crippen molar-refractivity contribution in [3.63, 3.8) is 0 Å². The maximum Gasteiger partial charge on any atom is 0.245 e. The quantitative estimate of drug-likeness (QED) is 0.331. The van der Waals surface area contributed by atoms with Crippen LogP contribution in [0.3, 0.4) is 0 Å². The van der Waals surface area contributed by atoms with Crippen molar-refractivity contribution in [2.24, 2.45) is 4.99 Å². The van der Waals surface area contributed by atoms with E-state index in [2.05, 4.69) is 15.6 Å². The van der Waals surface area contributed by atoms with Crippen molar-refractivity contribution in [3.05, 3.63) is 23.7 Å². The zero-order valence-corrected chi connectivity index (χ0v) is 16.8. The van der Waals surface area contributed by atoms with E-state index in [0.717, 1.165) is 44.5 Å². The molecule has 2 N–H and O–H groups in total. The molecule has 2 amide bonds. The number of furan rings is 1. The number of nitriles is 1. The lowest BCUT2D eigenvalue weighted by molar-refractivity contribution is -0.140. The minimum absolute atomic E-state index is 0.00808. The monoisotopic (exact) mass is 400 g/mol. The van der Waals surface area contributed by atoms with Gasteiger partial charge in [0.25, 0.3) is 0 Å². The first-order valence-corrected chi connectivity index (χ1v) is 10.1. The first-order valence-electron chi connectivity index (χ1n) is 10.1. The van der Waals surface area contributed by atoms with Gasteiger partial charge in [0.15, 0.2) is 6.19 Å². The van der Waals surface area contributed by atoms with Crippen molar-refractivity contribution in [2.45, 2.75) is 51.6 Å². The van der Waals surface area contributed by atoms with E-state index in [-0.39, 0.29) is 30.9 Å². The first kappa shape index (κ1) is 20.7. The van der Waals surface area contributed by atoms with Crippen molar-refractivity contribution in [1.82, 2.24) is 20.4 Å². The van der Waals surface area contributed by atoms with Crippen LogP contribution >= 0.6 is 0 Å². The lowest BCUT2D eigenvalue weighted by Gasteiger charge is -2.27. The lowest BCUT2D eigenvalue weighted by Crippen LogP contribution is -2.52. The van der Waals surface area contributed by atoms with E-state index in [1.807, 2.05) is 30.1 Å². The van der Waals surface area contributed by atoms with Crippen LogP contribution in [0.2, 0.25) is 0 Å². The van der Waals surface area contributed by atoms with Crippen LogP contribution in [0, 0.1) is 18.4 Å². The zero-order valence-electron chi connectivity index (χ0n) is 16.8. The Hall–Kier alpha value is -3.02. The maximum atomic E-state index is 13.0. The van der Waals surface area contributed by atoms with Crippen LogP contribution in [-0.2, 0) is 16.1 Å². The highest BCUT2D eigenvalue weighted by Gasteiger charge is 2.30. The first-order chi connectivity index (χ1) is 14.1. The van der Waals surface area contributed by atoms with Crippen molar-refractivity contribution >= 4 is 17.8 Å². The molecule has 2 fully saturated rings. The average molecular weight is 400 g/mol. The Labute approximate surface area is 170 Å². The van der Waals surface area contributed by atoms with Crippen LogP contribution in [0.15, 0.2) is 21.5 Å². The molecule has 9 nitrogen and oxygen atoms in total. The minimum Gasteiger partial charge on any atom is -0.464 e. The molecule has 9 heteroatoms. The molecule has 2 aliphatic rings. The fourth-order valence-electron chi connectivity index (χ4n) is 3.69. The Morgan fingerprint density at radius 2 is 2.03 bits per heavy atom. The number of hydrogen-bond donors (Lipinski definition) is 2. The molecule has 0 aromatic carbocycles. The van der Waals surface area contributed by atoms with Gasteiger partial charge in [-0.05, 0) is 51.2 Å². The number of likely N-dealkylation sites (tertiary alicyclic amines) is 2. The number of hydrogen-bond acceptors (Lipinski definition) is 5. The van der Waals surface area contributed by atoms with E-state index >= 15 is 0 Å². The van der Waals surface area contributed by atoms with Crippen molar-refractivity contribution < 1.29 is 14.0 Å². The van der Waals surface area contributed by atoms with Crippen molar-refractivity contribution in [1.29, 1.82) is 5.26 Å². The Morgan fingerprint density at radius 3 is 2.72 bits per heavy atom. The summed E-state index contributed by atoms with van der Waals surface area (Å²) in [7, 11) is 0. The van der Waals surface area contributed by atoms with Gasteiger partial charge in [0.05, 0.1) is 6.54 Å². The van der Waals surface area contributed by atoms with Crippen LogP contribution in [-0.4, -0.2) is 59.8 Å². The fourth-order valence-corrected chi connectivity index (χ4v) is 3.69. The molecular formula is C20H28N6O3. The van der Waals surface area contributed by atoms with Crippen LogP contribution in [0.4, 0.5) is 0 Å². The summed E-state index contributed by atoms with van der Waals surface area (Å²) in [6.45, 7) is 4.34. The summed E-state index contributed by atoms with van der Waals surface area (Å²) >= 11 is 0. The predicted octanol–water partition coefficient (Wildman–Crippen LogP) is 1.11. The molecular weight excluding hydrogens is 372 g/mol. The second-order valence-corrected chi connectivity index (χ2v) is 7.45. The summed E-state index contributed by atoms with van der Waals surface area (Å²) in [6, 6.07) is 3.15. The molecule has 3 heterocycles. The molecule has 2 saturated heterocycles. The van der Waals surface area contributed by atoms with Gasteiger partial charge in [0.1, 0.15) is 24.1 Å². The van der Waals surface area contributed by atoms with Gasteiger partial charge in [-0.25, -0.2) is 4.99 Å². The van der Waals surface area contributed by atoms with Gasteiger partial charge < -0.3 is 19.5 Å². The summed E-state index contributed by atoms with van der Waals surface area (Å²) in [4.78, 5) is 33.3. The van der Waals surface area contributed by atoms with E-state index in [4.69, 9.17) is 9.68 Å². The van der Waals surface area contributed by atoms with Gasteiger partial charge in [-0.3, -0.25) is 14.9 Å². The Balaban J connectivity index is 1.63. The highest BCUT2D eigenvalue weighted by Crippen LogP contribution is 2.14. The molecule has 0 aliphatic carbocycles. The summed E-state index contributed by atoms with van der Waals surface area (Å²) in [5.41, 5.74) is 0. The van der Waals surface area contributed by atoms with Crippen LogP contribution in [0.25, 0.3) is 0 Å². The number of nitrogens with one attached hydrogen (secondary N) is 2. The summed E-state index contributed by atoms with van der Waals surface area (Å²) in [5, 5.41) is 14.6.